The van der Waals surface area contributed by atoms with Crippen molar-refractivity contribution in [2.24, 2.45) is 11.7 Å². The van der Waals surface area contributed by atoms with Crippen LogP contribution in [0.4, 0.5) is 0 Å². The van der Waals surface area contributed by atoms with E-state index in [1.807, 2.05) is 0 Å². The van der Waals surface area contributed by atoms with Gasteiger partial charge in [0.15, 0.2) is 0 Å². The molecular weight excluding hydrogens is 248 g/mol. The highest BCUT2D eigenvalue weighted by Crippen LogP contribution is 2.28. The SMILES string of the molecule is CC1CC(N)CCN1C(=O)C1CCc2ccccc2C1. The van der Waals surface area contributed by atoms with E-state index >= 15 is 0 Å². The van der Waals surface area contributed by atoms with E-state index in [0.29, 0.717) is 11.9 Å². The van der Waals surface area contributed by atoms with Crippen molar-refractivity contribution in [3.05, 3.63) is 35.4 Å². The van der Waals surface area contributed by atoms with Crippen molar-refractivity contribution >= 4 is 5.91 Å². The first-order valence-electron chi connectivity index (χ1n) is 7.78. The smallest absolute Gasteiger partial charge is 0.226 e. The van der Waals surface area contributed by atoms with Gasteiger partial charge in [0.25, 0.3) is 0 Å². The summed E-state index contributed by atoms with van der Waals surface area (Å²) in [5.74, 6) is 0.514. The molecule has 0 bridgehead atoms. The molecule has 1 aliphatic heterocycles. The Morgan fingerprint density at radius 2 is 2.00 bits per heavy atom. The fraction of sp³-hybridized carbons (Fsp3) is 0.588. The molecule has 3 nitrogen and oxygen atoms in total. The molecule has 3 atom stereocenters. The van der Waals surface area contributed by atoms with Crippen molar-refractivity contribution in [3.8, 4) is 0 Å². The summed E-state index contributed by atoms with van der Waals surface area (Å²) in [5.41, 5.74) is 8.77. The van der Waals surface area contributed by atoms with Crippen LogP contribution in [0, 0.1) is 5.92 Å². The molecule has 0 saturated carbocycles. The van der Waals surface area contributed by atoms with Crippen LogP contribution >= 0.6 is 0 Å². The Morgan fingerprint density at radius 1 is 1.25 bits per heavy atom. The fourth-order valence-electron chi connectivity index (χ4n) is 3.68. The minimum absolute atomic E-state index is 0.168. The topological polar surface area (TPSA) is 46.3 Å². The Bertz CT molecular complexity index is 500. The third-order valence-corrected chi connectivity index (χ3v) is 4.90. The van der Waals surface area contributed by atoms with Crippen LogP contribution in [0.5, 0.6) is 0 Å². The lowest BCUT2D eigenvalue weighted by atomic mass is 9.82. The summed E-state index contributed by atoms with van der Waals surface area (Å²) in [7, 11) is 0. The Labute approximate surface area is 121 Å². The second-order valence-electron chi connectivity index (χ2n) is 6.37. The molecule has 1 aromatic carbocycles. The highest BCUT2D eigenvalue weighted by atomic mass is 16.2. The monoisotopic (exact) mass is 272 g/mol. The van der Waals surface area contributed by atoms with Gasteiger partial charge in [-0.15, -0.1) is 0 Å². The Morgan fingerprint density at radius 3 is 2.75 bits per heavy atom. The second-order valence-corrected chi connectivity index (χ2v) is 6.37. The zero-order valence-electron chi connectivity index (χ0n) is 12.2. The highest BCUT2D eigenvalue weighted by Gasteiger charge is 2.33. The molecule has 1 fully saturated rings. The number of rotatable bonds is 1. The molecule has 3 unspecified atom stereocenters. The molecule has 1 heterocycles. The number of aryl methyl sites for hydroxylation is 1. The van der Waals surface area contributed by atoms with E-state index in [1.54, 1.807) is 0 Å². The Hall–Kier alpha value is -1.35. The molecular formula is C17H24N2O. The maximum atomic E-state index is 12.8. The van der Waals surface area contributed by atoms with Crippen LogP contribution < -0.4 is 5.73 Å². The van der Waals surface area contributed by atoms with Gasteiger partial charge in [-0.05, 0) is 50.2 Å². The summed E-state index contributed by atoms with van der Waals surface area (Å²) in [5, 5.41) is 0. The largest absolute Gasteiger partial charge is 0.340 e. The summed E-state index contributed by atoms with van der Waals surface area (Å²) in [6.45, 7) is 2.97. The van der Waals surface area contributed by atoms with Crippen LogP contribution in [0.15, 0.2) is 24.3 Å². The van der Waals surface area contributed by atoms with E-state index < -0.39 is 0 Å². The zero-order chi connectivity index (χ0) is 14.1. The quantitative estimate of drug-likeness (QED) is 0.851. The molecule has 3 rings (SSSR count). The number of hydrogen-bond acceptors (Lipinski definition) is 2. The van der Waals surface area contributed by atoms with Gasteiger partial charge < -0.3 is 10.6 Å². The maximum absolute atomic E-state index is 12.8. The molecule has 3 heteroatoms. The number of piperidine rings is 1. The van der Waals surface area contributed by atoms with Crippen LogP contribution in [-0.4, -0.2) is 29.4 Å². The van der Waals surface area contributed by atoms with Crippen LogP contribution in [0.3, 0.4) is 0 Å². The molecule has 1 aliphatic carbocycles. The van der Waals surface area contributed by atoms with E-state index in [-0.39, 0.29) is 12.0 Å². The average Bonchev–Trinajstić information content (AvgIpc) is 2.46. The number of hydrogen-bond donors (Lipinski definition) is 1. The second kappa shape index (κ2) is 5.57. The standard InChI is InChI=1S/C17H24N2O/c1-12-10-16(18)8-9-19(12)17(20)15-7-6-13-4-2-3-5-14(13)11-15/h2-5,12,15-16H,6-11,18H2,1H3. The van der Waals surface area contributed by atoms with Gasteiger partial charge in [-0.25, -0.2) is 0 Å². The molecule has 2 aliphatic rings. The molecule has 1 amide bonds. The molecule has 1 aromatic rings. The zero-order valence-corrected chi connectivity index (χ0v) is 12.2. The van der Waals surface area contributed by atoms with Gasteiger partial charge in [0.1, 0.15) is 0 Å². The van der Waals surface area contributed by atoms with Crippen LogP contribution in [0.2, 0.25) is 0 Å². The van der Waals surface area contributed by atoms with E-state index in [1.165, 1.54) is 11.1 Å². The Kier molecular flexibility index (Phi) is 3.79. The molecule has 0 radical (unpaired) electrons. The van der Waals surface area contributed by atoms with E-state index in [9.17, 15) is 4.79 Å². The number of benzene rings is 1. The van der Waals surface area contributed by atoms with Gasteiger partial charge in [0, 0.05) is 24.5 Å². The van der Waals surface area contributed by atoms with Gasteiger partial charge in [0.2, 0.25) is 5.91 Å². The first kappa shape index (κ1) is 13.6. The van der Waals surface area contributed by atoms with Crippen molar-refractivity contribution in [2.45, 2.75) is 51.1 Å². The van der Waals surface area contributed by atoms with Crippen LogP contribution in [0.1, 0.15) is 37.3 Å². The predicted octanol–water partition coefficient (Wildman–Crippen LogP) is 2.13. The molecule has 1 saturated heterocycles. The van der Waals surface area contributed by atoms with Gasteiger partial charge in [0.05, 0.1) is 0 Å². The molecule has 20 heavy (non-hydrogen) atoms. The normalized spacial score (nSPS) is 29.9. The van der Waals surface area contributed by atoms with Crippen molar-refractivity contribution < 1.29 is 4.79 Å². The highest BCUT2D eigenvalue weighted by molar-refractivity contribution is 5.80. The fourth-order valence-corrected chi connectivity index (χ4v) is 3.68. The number of nitrogens with zero attached hydrogens (tertiary/aromatic N) is 1. The van der Waals surface area contributed by atoms with Crippen molar-refractivity contribution in [1.29, 1.82) is 0 Å². The summed E-state index contributed by atoms with van der Waals surface area (Å²) >= 11 is 0. The minimum Gasteiger partial charge on any atom is -0.340 e. The summed E-state index contributed by atoms with van der Waals surface area (Å²) < 4.78 is 0. The van der Waals surface area contributed by atoms with Crippen molar-refractivity contribution in [2.75, 3.05) is 6.54 Å². The maximum Gasteiger partial charge on any atom is 0.226 e. The van der Waals surface area contributed by atoms with Gasteiger partial charge in [-0.2, -0.15) is 0 Å². The average molecular weight is 272 g/mol. The minimum atomic E-state index is 0.168. The van der Waals surface area contributed by atoms with Crippen molar-refractivity contribution in [3.63, 3.8) is 0 Å². The third-order valence-electron chi connectivity index (χ3n) is 4.90. The summed E-state index contributed by atoms with van der Waals surface area (Å²) in [6, 6.07) is 9.09. The lowest BCUT2D eigenvalue weighted by Crippen LogP contribution is -2.50. The molecule has 0 spiro atoms. The molecule has 2 N–H and O–H groups in total. The van der Waals surface area contributed by atoms with Gasteiger partial charge in [-0.1, -0.05) is 24.3 Å². The molecule has 0 aromatic heterocycles. The van der Waals surface area contributed by atoms with Crippen LogP contribution in [0.25, 0.3) is 0 Å². The Balaban J connectivity index is 1.70. The lowest BCUT2D eigenvalue weighted by molar-refractivity contribution is -0.139. The van der Waals surface area contributed by atoms with Crippen molar-refractivity contribution in [1.82, 2.24) is 4.90 Å². The summed E-state index contributed by atoms with van der Waals surface area (Å²) in [4.78, 5) is 14.8. The summed E-state index contributed by atoms with van der Waals surface area (Å²) in [6.07, 6.45) is 4.82. The van der Waals surface area contributed by atoms with E-state index in [2.05, 4.69) is 36.1 Å². The van der Waals surface area contributed by atoms with Crippen LogP contribution in [-0.2, 0) is 17.6 Å². The molecule has 108 valence electrons. The first-order chi connectivity index (χ1) is 9.65. The lowest BCUT2D eigenvalue weighted by Gasteiger charge is -2.39. The number of fused-ring (bicyclic) bond motifs is 1. The number of carbonyl (C=O) groups excluding carboxylic acids is 1. The predicted molar refractivity (Wildman–Crippen MR) is 80.3 cm³/mol. The number of amides is 1. The first-order valence-corrected chi connectivity index (χ1v) is 7.78. The number of likely N-dealkylation sites (tertiary alicyclic amines) is 1. The van der Waals surface area contributed by atoms with Gasteiger partial charge in [-0.3, -0.25) is 4.79 Å². The number of nitrogens with two attached hydrogens (primary N) is 1. The third kappa shape index (κ3) is 2.59. The van der Waals surface area contributed by atoms with E-state index in [0.717, 1.165) is 38.6 Å². The number of carbonyl (C=O) groups is 1. The van der Waals surface area contributed by atoms with Gasteiger partial charge >= 0.3 is 0 Å². The van der Waals surface area contributed by atoms with E-state index in [4.69, 9.17) is 5.73 Å².